The highest BCUT2D eigenvalue weighted by Gasteiger charge is 1.97. The molecule has 0 unspecified atom stereocenters. The van der Waals surface area contributed by atoms with Crippen molar-refractivity contribution in [1.29, 1.82) is 0 Å². The second-order valence-corrected chi connectivity index (χ2v) is 3.64. The molecule has 0 heterocycles. The van der Waals surface area contributed by atoms with Gasteiger partial charge >= 0.3 is 0 Å². The van der Waals surface area contributed by atoms with Crippen molar-refractivity contribution in [2.24, 2.45) is 0 Å². The summed E-state index contributed by atoms with van der Waals surface area (Å²) >= 11 is 3.39. The predicted molar refractivity (Wildman–Crippen MR) is 61.2 cm³/mol. The molecule has 2 nitrogen and oxygen atoms in total. The van der Waals surface area contributed by atoms with Crippen LogP contribution in [0.4, 0.5) is 0 Å². The maximum absolute atomic E-state index is 11.0. The molecule has 0 aliphatic heterocycles. The van der Waals surface area contributed by atoms with Crippen LogP contribution >= 0.6 is 15.9 Å². The van der Waals surface area contributed by atoms with E-state index in [1.165, 1.54) is 5.56 Å². The summed E-state index contributed by atoms with van der Waals surface area (Å²) in [5.74, 6) is 0.0922. The number of carbonyl (C=O) groups excluding carboxylic acids is 1. The van der Waals surface area contributed by atoms with Gasteiger partial charge in [0.25, 0.3) is 0 Å². The Morgan fingerprint density at radius 1 is 1.29 bits per heavy atom. The third kappa shape index (κ3) is 3.50. The van der Waals surface area contributed by atoms with Crippen molar-refractivity contribution in [3.63, 3.8) is 0 Å². The number of amides is 1. The van der Waals surface area contributed by atoms with Crippen LogP contribution in [0.3, 0.4) is 0 Å². The average Bonchev–Trinajstić information content (AvgIpc) is 2.26. The monoisotopic (exact) mass is 255 g/mol. The minimum Gasteiger partial charge on any atom is -0.352 e. The number of alkyl halides is 1. The Morgan fingerprint density at radius 3 is 2.36 bits per heavy atom. The first-order valence-corrected chi connectivity index (χ1v) is 5.79. The summed E-state index contributed by atoms with van der Waals surface area (Å²) in [6, 6.07) is 8.18. The van der Waals surface area contributed by atoms with Gasteiger partial charge in [-0.1, -0.05) is 47.1 Å². The number of carbonyl (C=O) groups is 1. The van der Waals surface area contributed by atoms with Crippen molar-refractivity contribution in [3.05, 3.63) is 35.4 Å². The maximum Gasteiger partial charge on any atom is 0.219 e. The van der Waals surface area contributed by atoms with Gasteiger partial charge in [0, 0.05) is 18.3 Å². The van der Waals surface area contributed by atoms with Crippen LogP contribution in [-0.2, 0) is 16.7 Å². The van der Waals surface area contributed by atoms with Gasteiger partial charge in [0.2, 0.25) is 5.91 Å². The largest absolute Gasteiger partial charge is 0.352 e. The van der Waals surface area contributed by atoms with E-state index in [4.69, 9.17) is 0 Å². The predicted octanol–water partition coefficient (Wildman–Crippen LogP) is 2.61. The normalized spacial score (nSPS) is 9.86. The van der Waals surface area contributed by atoms with Crippen molar-refractivity contribution in [3.8, 4) is 0 Å². The molecule has 0 saturated carbocycles. The summed E-state index contributed by atoms with van der Waals surface area (Å²) in [5.41, 5.74) is 2.38. The molecule has 14 heavy (non-hydrogen) atoms. The number of hydrogen-bond acceptors (Lipinski definition) is 1. The standard InChI is InChI=1S/C11H14BrNO/c1-2-11(14)13-8-10-5-3-9(7-12)4-6-10/h3-6H,2,7-8H2,1H3,(H,13,14). The Bertz CT molecular complexity index is 295. The van der Waals surface area contributed by atoms with E-state index in [1.54, 1.807) is 0 Å². The molecular formula is C11H14BrNO. The fraction of sp³-hybridized carbons (Fsp3) is 0.364. The molecule has 1 rings (SSSR count). The Labute approximate surface area is 92.8 Å². The third-order valence-electron chi connectivity index (χ3n) is 1.99. The maximum atomic E-state index is 11.0. The van der Waals surface area contributed by atoms with E-state index < -0.39 is 0 Å². The van der Waals surface area contributed by atoms with Crippen molar-refractivity contribution in [2.75, 3.05) is 0 Å². The topological polar surface area (TPSA) is 29.1 Å². The lowest BCUT2D eigenvalue weighted by atomic mass is 10.1. The van der Waals surface area contributed by atoms with E-state index in [9.17, 15) is 4.79 Å². The molecule has 0 fully saturated rings. The zero-order valence-electron chi connectivity index (χ0n) is 8.22. The highest BCUT2D eigenvalue weighted by molar-refractivity contribution is 9.08. The molecule has 3 heteroatoms. The molecule has 0 radical (unpaired) electrons. The lowest BCUT2D eigenvalue weighted by molar-refractivity contribution is -0.120. The molecular weight excluding hydrogens is 242 g/mol. The van der Waals surface area contributed by atoms with E-state index in [1.807, 2.05) is 19.1 Å². The first-order chi connectivity index (χ1) is 6.76. The zero-order chi connectivity index (χ0) is 10.4. The van der Waals surface area contributed by atoms with Crippen LogP contribution in [0.15, 0.2) is 24.3 Å². The number of benzene rings is 1. The van der Waals surface area contributed by atoms with E-state index in [0.29, 0.717) is 13.0 Å². The van der Waals surface area contributed by atoms with Crippen LogP contribution in [0, 0.1) is 0 Å². The van der Waals surface area contributed by atoms with Crippen LogP contribution in [0.25, 0.3) is 0 Å². The molecule has 0 aliphatic rings. The quantitative estimate of drug-likeness (QED) is 0.824. The fourth-order valence-corrected chi connectivity index (χ4v) is 1.45. The summed E-state index contributed by atoms with van der Waals surface area (Å²) in [6.07, 6.45) is 0.541. The molecule has 1 amide bonds. The molecule has 0 aliphatic carbocycles. The van der Waals surface area contributed by atoms with Gasteiger partial charge in [0.1, 0.15) is 0 Å². The smallest absolute Gasteiger partial charge is 0.219 e. The van der Waals surface area contributed by atoms with Crippen molar-refractivity contribution < 1.29 is 4.79 Å². The van der Waals surface area contributed by atoms with Gasteiger partial charge < -0.3 is 5.32 Å². The summed E-state index contributed by atoms with van der Waals surface area (Å²) in [5, 5.41) is 3.71. The molecule has 76 valence electrons. The van der Waals surface area contributed by atoms with Crippen molar-refractivity contribution in [2.45, 2.75) is 25.2 Å². The van der Waals surface area contributed by atoms with Gasteiger partial charge in [-0.3, -0.25) is 4.79 Å². The minimum absolute atomic E-state index is 0.0922. The van der Waals surface area contributed by atoms with Gasteiger partial charge in [-0.15, -0.1) is 0 Å². The number of rotatable bonds is 4. The van der Waals surface area contributed by atoms with E-state index in [-0.39, 0.29) is 5.91 Å². The van der Waals surface area contributed by atoms with E-state index in [2.05, 4.69) is 33.4 Å². The second kappa shape index (κ2) is 5.81. The van der Waals surface area contributed by atoms with E-state index >= 15 is 0 Å². The molecule has 0 aromatic heterocycles. The molecule has 0 atom stereocenters. The van der Waals surface area contributed by atoms with Gasteiger partial charge in [-0.25, -0.2) is 0 Å². The summed E-state index contributed by atoms with van der Waals surface area (Å²) < 4.78 is 0. The lowest BCUT2D eigenvalue weighted by Gasteiger charge is -2.04. The number of nitrogens with one attached hydrogen (secondary N) is 1. The highest BCUT2D eigenvalue weighted by atomic mass is 79.9. The Kier molecular flexibility index (Phi) is 4.66. The molecule has 1 aromatic rings. The average molecular weight is 256 g/mol. The first-order valence-electron chi connectivity index (χ1n) is 4.66. The minimum atomic E-state index is 0.0922. The van der Waals surface area contributed by atoms with Gasteiger partial charge in [0.15, 0.2) is 0 Å². The van der Waals surface area contributed by atoms with Gasteiger partial charge in [-0.05, 0) is 11.1 Å². The summed E-state index contributed by atoms with van der Waals surface area (Å²) in [6.45, 7) is 2.47. The molecule has 1 aromatic carbocycles. The van der Waals surface area contributed by atoms with Crippen LogP contribution in [0.5, 0.6) is 0 Å². The van der Waals surface area contributed by atoms with Crippen LogP contribution < -0.4 is 5.32 Å². The van der Waals surface area contributed by atoms with Crippen LogP contribution in [0.1, 0.15) is 24.5 Å². The Balaban J connectivity index is 2.47. The first kappa shape index (κ1) is 11.2. The number of hydrogen-bond donors (Lipinski definition) is 1. The SMILES string of the molecule is CCC(=O)NCc1ccc(CBr)cc1. The lowest BCUT2D eigenvalue weighted by Crippen LogP contribution is -2.21. The molecule has 0 saturated heterocycles. The number of halogens is 1. The molecule has 1 N–H and O–H groups in total. The van der Waals surface area contributed by atoms with Gasteiger partial charge in [0.05, 0.1) is 0 Å². The van der Waals surface area contributed by atoms with E-state index in [0.717, 1.165) is 10.9 Å². The Morgan fingerprint density at radius 2 is 1.86 bits per heavy atom. The van der Waals surface area contributed by atoms with Crippen LogP contribution in [-0.4, -0.2) is 5.91 Å². The molecule has 0 spiro atoms. The highest BCUT2D eigenvalue weighted by Crippen LogP contribution is 2.07. The second-order valence-electron chi connectivity index (χ2n) is 3.08. The Hall–Kier alpha value is -0.830. The fourth-order valence-electron chi connectivity index (χ4n) is 1.07. The summed E-state index contributed by atoms with van der Waals surface area (Å²) in [7, 11) is 0. The van der Waals surface area contributed by atoms with Crippen molar-refractivity contribution >= 4 is 21.8 Å². The van der Waals surface area contributed by atoms with Gasteiger partial charge in [-0.2, -0.15) is 0 Å². The molecule has 0 bridgehead atoms. The van der Waals surface area contributed by atoms with Crippen LogP contribution in [0.2, 0.25) is 0 Å². The van der Waals surface area contributed by atoms with Crippen molar-refractivity contribution in [1.82, 2.24) is 5.32 Å². The third-order valence-corrected chi connectivity index (χ3v) is 2.64. The summed E-state index contributed by atoms with van der Waals surface area (Å²) in [4.78, 5) is 11.0. The zero-order valence-corrected chi connectivity index (χ0v) is 9.80.